The second kappa shape index (κ2) is 9.19. The number of anilines is 3. The quantitative estimate of drug-likeness (QED) is 0.470. The van der Waals surface area contributed by atoms with Gasteiger partial charge in [-0.15, -0.1) is 0 Å². The van der Waals surface area contributed by atoms with Crippen molar-refractivity contribution in [2.45, 2.75) is 20.4 Å². The summed E-state index contributed by atoms with van der Waals surface area (Å²) in [6, 6.07) is 14.8. The van der Waals surface area contributed by atoms with Crippen molar-refractivity contribution in [3.63, 3.8) is 0 Å². The number of nitrogens with zero attached hydrogens (tertiary/aromatic N) is 6. The van der Waals surface area contributed by atoms with Gasteiger partial charge < -0.3 is 15.1 Å². The van der Waals surface area contributed by atoms with Gasteiger partial charge in [-0.05, 0) is 48.9 Å². The average molecular weight is 442 g/mol. The first-order chi connectivity index (χ1) is 16.0. The summed E-state index contributed by atoms with van der Waals surface area (Å²) in [4.78, 5) is 14.1. The van der Waals surface area contributed by atoms with Gasteiger partial charge in [0.1, 0.15) is 0 Å². The highest BCUT2D eigenvalue weighted by Gasteiger charge is 2.14. The Kier molecular flexibility index (Phi) is 5.96. The molecule has 0 atom stereocenters. The summed E-state index contributed by atoms with van der Waals surface area (Å²) in [5, 5.41) is 8.87. The van der Waals surface area contributed by atoms with Crippen LogP contribution in [0.25, 0.3) is 22.0 Å². The number of benzene rings is 2. The molecule has 0 aliphatic carbocycles. The highest BCUT2D eigenvalue weighted by Crippen LogP contribution is 2.25. The first-order valence-electron chi connectivity index (χ1n) is 11.6. The lowest BCUT2D eigenvalue weighted by Crippen LogP contribution is -2.44. The second-order valence-corrected chi connectivity index (χ2v) is 9.27. The summed E-state index contributed by atoms with van der Waals surface area (Å²) >= 11 is 0. The molecule has 0 amide bonds. The van der Waals surface area contributed by atoms with Gasteiger partial charge in [0.25, 0.3) is 0 Å². The zero-order chi connectivity index (χ0) is 22.8. The predicted octanol–water partition coefficient (Wildman–Crippen LogP) is 4.64. The van der Waals surface area contributed by atoms with E-state index in [1.807, 2.05) is 17.1 Å². The second-order valence-electron chi connectivity index (χ2n) is 9.27. The van der Waals surface area contributed by atoms with Crippen LogP contribution in [0.2, 0.25) is 0 Å². The maximum absolute atomic E-state index is 4.77. The number of hydrogen-bond donors (Lipinski definition) is 1. The van der Waals surface area contributed by atoms with E-state index in [9.17, 15) is 0 Å². The van der Waals surface area contributed by atoms with Crippen LogP contribution in [0.3, 0.4) is 0 Å². The number of hydrogen-bond acceptors (Lipinski definition) is 6. The Morgan fingerprint density at radius 2 is 1.73 bits per heavy atom. The van der Waals surface area contributed by atoms with E-state index in [0.29, 0.717) is 11.9 Å². The van der Waals surface area contributed by atoms with E-state index in [-0.39, 0.29) is 0 Å². The van der Waals surface area contributed by atoms with Crippen LogP contribution >= 0.6 is 0 Å². The largest absolute Gasteiger partial charge is 0.369 e. The van der Waals surface area contributed by atoms with E-state index >= 15 is 0 Å². The molecule has 2 aromatic heterocycles. The molecule has 3 heterocycles. The molecule has 0 spiro atoms. The molecule has 33 heavy (non-hydrogen) atoms. The molecule has 2 aromatic carbocycles. The summed E-state index contributed by atoms with van der Waals surface area (Å²) in [5.74, 6) is 1.16. The monoisotopic (exact) mass is 441 g/mol. The fraction of sp³-hybridized carbons (Fsp3) is 0.346. The van der Waals surface area contributed by atoms with Crippen molar-refractivity contribution in [3.8, 4) is 11.1 Å². The molecule has 7 nitrogen and oxygen atoms in total. The lowest BCUT2D eigenvalue weighted by Gasteiger charge is -2.34. The van der Waals surface area contributed by atoms with Gasteiger partial charge in [-0.2, -0.15) is 5.10 Å². The molecule has 0 radical (unpaired) electrons. The summed E-state index contributed by atoms with van der Waals surface area (Å²) in [6.07, 6.45) is 5.89. The van der Waals surface area contributed by atoms with Crippen LogP contribution < -0.4 is 10.2 Å². The Morgan fingerprint density at radius 3 is 2.48 bits per heavy atom. The van der Waals surface area contributed by atoms with Crippen molar-refractivity contribution in [1.29, 1.82) is 0 Å². The number of rotatable bonds is 6. The van der Waals surface area contributed by atoms with Crippen molar-refractivity contribution < 1.29 is 0 Å². The van der Waals surface area contributed by atoms with Crippen molar-refractivity contribution in [1.82, 2.24) is 24.6 Å². The van der Waals surface area contributed by atoms with Gasteiger partial charge in [-0.25, -0.2) is 9.97 Å². The Bertz CT molecular complexity index is 1220. The molecular formula is C26H31N7. The molecule has 1 fully saturated rings. The standard InChI is InChI=1S/C26H31N7/c1-19(2)17-33-18-22(16-28-33)20-4-5-21-15-27-26(30-25(21)14-20)29-23-6-8-24(9-7-23)32-12-10-31(3)11-13-32/h4-9,14-16,18-19H,10-13,17H2,1-3H3,(H,27,29,30). The lowest BCUT2D eigenvalue weighted by atomic mass is 10.1. The smallest absolute Gasteiger partial charge is 0.227 e. The van der Waals surface area contributed by atoms with Crippen molar-refractivity contribution in [2.24, 2.45) is 5.92 Å². The van der Waals surface area contributed by atoms with Crippen LogP contribution in [0.4, 0.5) is 17.3 Å². The Morgan fingerprint density at radius 1 is 0.939 bits per heavy atom. The third kappa shape index (κ3) is 4.98. The number of likely N-dealkylation sites (N-methyl/N-ethyl adjacent to an activating group) is 1. The highest BCUT2D eigenvalue weighted by atomic mass is 15.3. The van der Waals surface area contributed by atoms with Crippen molar-refractivity contribution in [2.75, 3.05) is 43.4 Å². The molecule has 7 heteroatoms. The highest BCUT2D eigenvalue weighted by molar-refractivity contribution is 5.84. The fourth-order valence-corrected chi connectivity index (χ4v) is 4.20. The SMILES string of the molecule is CC(C)Cn1cc(-c2ccc3cnc(Nc4ccc(N5CCN(C)CC5)cc4)nc3c2)cn1. The predicted molar refractivity (Wildman–Crippen MR) is 135 cm³/mol. The number of aromatic nitrogens is 4. The molecule has 1 aliphatic rings. The molecule has 4 aromatic rings. The van der Waals surface area contributed by atoms with Crippen LogP contribution in [0.15, 0.2) is 61.1 Å². The third-order valence-electron chi connectivity index (χ3n) is 6.09. The lowest BCUT2D eigenvalue weighted by molar-refractivity contribution is 0.313. The molecular weight excluding hydrogens is 410 g/mol. The summed E-state index contributed by atoms with van der Waals surface area (Å²) < 4.78 is 2.00. The zero-order valence-corrected chi connectivity index (χ0v) is 19.6. The molecule has 1 aliphatic heterocycles. The van der Waals surface area contributed by atoms with E-state index < -0.39 is 0 Å². The molecule has 170 valence electrons. The maximum Gasteiger partial charge on any atom is 0.227 e. The van der Waals surface area contributed by atoms with Gasteiger partial charge in [0.15, 0.2) is 0 Å². The van der Waals surface area contributed by atoms with Gasteiger partial charge in [0.05, 0.1) is 11.7 Å². The zero-order valence-electron chi connectivity index (χ0n) is 19.6. The maximum atomic E-state index is 4.77. The van der Waals surface area contributed by atoms with Crippen LogP contribution in [-0.4, -0.2) is 57.9 Å². The molecule has 1 N–H and O–H groups in total. The first kappa shape index (κ1) is 21.4. The summed E-state index contributed by atoms with van der Waals surface area (Å²) in [7, 11) is 2.18. The van der Waals surface area contributed by atoms with Crippen LogP contribution in [0, 0.1) is 5.92 Å². The Hall–Kier alpha value is -3.45. The molecule has 1 saturated heterocycles. The van der Waals surface area contributed by atoms with Gasteiger partial charge in [0.2, 0.25) is 5.95 Å². The van der Waals surface area contributed by atoms with Crippen molar-refractivity contribution in [3.05, 3.63) is 61.1 Å². The first-order valence-corrected chi connectivity index (χ1v) is 11.6. The minimum absolute atomic E-state index is 0.561. The number of fused-ring (bicyclic) bond motifs is 1. The van der Waals surface area contributed by atoms with E-state index in [2.05, 4.69) is 94.8 Å². The van der Waals surface area contributed by atoms with Gasteiger partial charge in [-0.1, -0.05) is 26.0 Å². The fourth-order valence-electron chi connectivity index (χ4n) is 4.20. The molecule has 0 unspecified atom stereocenters. The van der Waals surface area contributed by atoms with E-state index in [0.717, 1.165) is 60.4 Å². The third-order valence-corrected chi connectivity index (χ3v) is 6.09. The normalized spacial score (nSPS) is 14.8. The van der Waals surface area contributed by atoms with Crippen LogP contribution in [0.1, 0.15) is 13.8 Å². The molecule has 0 bridgehead atoms. The van der Waals surface area contributed by atoms with Gasteiger partial charge in [0, 0.05) is 67.4 Å². The van der Waals surface area contributed by atoms with E-state index in [1.54, 1.807) is 0 Å². The minimum atomic E-state index is 0.561. The van der Waals surface area contributed by atoms with Gasteiger partial charge in [-0.3, -0.25) is 4.68 Å². The van der Waals surface area contributed by atoms with E-state index in [1.165, 1.54) is 5.69 Å². The average Bonchev–Trinajstić information content (AvgIpc) is 3.27. The number of nitrogens with one attached hydrogen (secondary N) is 1. The topological polar surface area (TPSA) is 62.1 Å². The molecule has 5 rings (SSSR count). The Balaban J connectivity index is 1.32. The number of piperazine rings is 1. The van der Waals surface area contributed by atoms with Gasteiger partial charge >= 0.3 is 0 Å². The summed E-state index contributed by atoms with van der Waals surface area (Å²) in [5.41, 5.74) is 5.37. The van der Waals surface area contributed by atoms with Crippen LogP contribution in [0.5, 0.6) is 0 Å². The van der Waals surface area contributed by atoms with Crippen LogP contribution in [-0.2, 0) is 6.54 Å². The summed E-state index contributed by atoms with van der Waals surface area (Å²) in [6.45, 7) is 9.64. The Labute approximate surface area is 195 Å². The van der Waals surface area contributed by atoms with E-state index in [4.69, 9.17) is 4.98 Å². The minimum Gasteiger partial charge on any atom is -0.369 e. The molecule has 0 saturated carbocycles. The van der Waals surface area contributed by atoms with Crippen molar-refractivity contribution >= 4 is 28.2 Å².